The number of methoxy groups -OCH3 is 2. The third kappa shape index (κ3) is 6.44. The Morgan fingerprint density at radius 2 is 1.83 bits per heavy atom. The number of aryl methyl sites for hydroxylation is 1. The van der Waals surface area contributed by atoms with Gasteiger partial charge in [-0.05, 0) is 43.7 Å². The Morgan fingerprint density at radius 3 is 2.56 bits per heavy atom. The summed E-state index contributed by atoms with van der Waals surface area (Å²) in [5.74, 6) is 0.242. The van der Waals surface area contributed by atoms with Crippen molar-refractivity contribution in [3.05, 3.63) is 23.9 Å². The number of aromatic nitrogens is 2. The summed E-state index contributed by atoms with van der Waals surface area (Å²) in [6, 6.07) is 4.61. The van der Waals surface area contributed by atoms with Gasteiger partial charge in [0.05, 0.1) is 31.8 Å². The maximum absolute atomic E-state index is 13.9. The fourth-order valence-corrected chi connectivity index (χ4v) is 5.53. The number of benzene rings is 1. The molecule has 0 radical (unpaired) electrons. The quantitative estimate of drug-likeness (QED) is 0.489. The molecule has 0 unspecified atom stereocenters. The van der Waals surface area contributed by atoms with Crippen molar-refractivity contribution < 1.29 is 33.3 Å². The lowest BCUT2D eigenvalue weighted by molar-refractivity contribution is -0.149. The molecule has 0 spiro atoms. The van der Waals surface area contributed by atoms with Crippen molar-refractivity contribution in [2.45, 2.75) is 84.0 Å². The number of amides is 2. The fraction of sp³-hybridized carbons (Fsp3) is 0.600. The molecule has 220 valence electrons. The Bertz CT molecular complexity index is 1370. The first-order valence-corrected chi connectivity index (χ1v) is 14.3. The van der Waals surface area contributed by atoms with E-state index in [0.717, 1.165) is 43.3 Å². The summed E-state index contributed by atoms with van der Waals surface area (Å²) in [6.07, 6.45) is 3.99. The fourth-order valence-electron chi connectivity index (χ4n) is 5.53. The van der Waals surface area contributed by atoms with Crippen LogP contribution in [-0.4, -0.2) is 77.6 Å². The number of esters is 1. The third-order valence-corrected chi connectivity index (χ3v) is 7.90. The predicted octanol–water partition coefficient (Wildman–Crippen LogP) is 4.29. The van der Waals surface area contributed by atoms with Gasteiger partial charge in [-0.1, -0.05) is 33.6 Å². The summed E-state index contributed by atoms with van der Waals surface area (Å²) in [5, 5.41) is 0. The minimum Gasteiger partial charge on any atom is -0.497 e. The van der Waals surface area contributed by atoms with Gasteiger partial charge in [0.2, 0.25) is 5.88 Å². The first kappa shape index (κ1) is 28.8. The predicted molar refractivity (Wildman–Crippen MR) is 150 cm³/mol. The van der Waals surface area contributed by atoms with E-state index < -0.39 is 35.5 Å². The van der Waals surface area contributed by atoms with Crippen LogP contribution in [0.5, 0.6) is 11.6 Å². The normalized spacial score (nSPS) is 26.9. The van der Waals surface area contributed by atoms with Crippen LogP contribution in [0.25, 0.3) is 11.0 Å². The zero-order valence-corrected chi connectivity index (χ0v) is 24.3. The molecule has 2 aliphatic heterocycles. The molecule has 2 aromatic rings. The molecule has 3 aliphatic rings. The van der Waals surface area contributed by atoms with Crippen LogP contribution in [0.2, 0.25) is 0 Å². The number of fused-ring (bicyclic) bond motifs is 5. The average molecular weight is 567 g/mol. The highest BCUT2D eigenvalue weighted by atomic mass is 16.6. The van der Waals surface area contributed by atoms with Crippen LogP contribution >= 0.6 is 0 Å². The van der Waals surface area contributed by atoms with E-state index in [-0.39, 0.29) is 24.8 Å². The Labute approximate surface area is 239 Å². The van der Waals surface area contributed by atoms with Crippen molar-refractivity contribution in [2.24, 2.45) is 16.3 Å². The highest BCUT2D eigenvalue weighted by Gasteiger charge is 2.46. The molecule has 41 heavy (non-hydrogen) atoms. The van der Waals surface area contributed by atoms with Gasteiger partial charge in [-0.25, -0.2) is 19.6 Å². The molecule has 1 saturated heterocycles. The number of carbonyl (C=O) groups is 3. The highest BCUT2D eigenvalue weighted by molar-refractivity contribution is 6.42. The second-order valence-corrected chi connectivity index (χ2v) is 12.0. The van der Waals surface area contributed by atoms with E-state index in [1.807, 2.05) is 12.1 Å². The monoisotopic (exact) mass is 566 g/mol. The van der Waals surface area contributed by atoms with Gasteiger partial charge in [0.1, 0.15) is 35.4 Å². The van der Waals surface area contributed by atoms with Gasteiger partial charge in [0.25, 0.3) is 5.91 Å². The van der Waals surface area contributed by atoms with E-state index in [9.17, 15) is 14.4 Å². The van der Waals surface area contributed by atoms with Crippen LogP contribution in [0.1, 0.15) is 65.0 Å². The first-order chi connectivity index (χ1) is 19.6. The van der Waals surface area contributed by atoms with Gasteiger partial charge in [-0.2, -0.15) is 4.99 Å². The van der Waals surface area contributed by atoms with Crippen LogP contribution in [0.3, 0.4) is 0 Å². The lowest BCUT2D eigenvalue weighted by Gasteiger charge is -2.28. The van der Waals surface area contributed by atoms with E-state index in [2.05, 4.69) is 4.99 Å². The summed E-state index contributed by atoms with van der Waals surface area (Å²) in [6.45, 7) is 5.48. The van der Waals surface area contributed by atoms with Crippen molar-refractivity contribution in [2.75, 3.05) is 20.8 Å². The molecule has 2 amide bonds. The van der Waals surface area contributed by atoms with Crippen LogP contribution < -0.4 is 9.47 Å². The molecule has 3 heterocycles. The van der Waals surface area contributed by atoms with E-state index in [0.29, 0.717) is 29.5 Å². The van der Waals surface area contributed by atoms with Gasteiger partial charge < -0.3 is 23.8 Å². The molecule has 1 aromatic heterocycles. The largest absolute Gasteiger partial charge is 0.497 e. The highest BCUT2D eigenvalue weighted by Crippen LogP contribution is 2.39. The molecular formula is C30H38N4O7. The van der Waals surface area contributed by atoms with E-state index in [1.165, 1.54) is 12.0 Å². The van der Waals surface area contributed by atoms with Crippen molar-refractivity contribution in [3.8, 4) is 11.6 Å². The number of rotatable bonds is 2. The number of aliphatic imine (C=N–C) groups is 1. The Balaban J connectivity index is 1.52. The zero-order chi connectivity index (χ0) is 29.3. The molecule has 2 fully saturated rings. The molecule has 11 nitrogen and oxygen atoms in total. The van der Waals surface area contributed by atoms with Crippen LogP contribution in [-0.2, 0) is 25.5 Å². The molecule has 5 rings (SSSR count). The molecule has 1 aliphatic carbocycles. The van der Waals surface area contributed by atoms with Gasteiger partial charge in [-0.15, -0.1) is 0 Å². The lowest BCUT2D eigenvalue weighted by atomic mass is 9.88. The zero-order valence-electron chi connectivity index (χ0n) is 24.3. The van der Waals surface area contributed by atoms with Crippen molar-refractivity contribution in [3.63, 3.8) is 0 Å². The number of hydrogen-bond acceptors (Lipinski definition) is 9. The summed E-state index contributed by atoms with van der Waals surface area (Å²) < 4.78 is 22.4. The summed E-state index contributed by atoms with van der Waals surface area (Å²) in [4.78, 5) is 54.7. The average Bonchev–Trinajstić information content (AvgIpc) is 3.53. The van der Waals surface area contributed by atoms with E-state index in [1.54, 1.807) is 33.9 Å². The van der Waals surface area contributed by atoms with Crippen molar-refractivity contribution in [1.29, 1.82) is 0 Å². The second-order valence-electron chi connectivity index (χ2n) is 12.0. The third-order valence-electron chi connectivity index (χ3n) is 7.90. The van der Waals surface area contributed by atoms with Crippen LogP contribution in [0.15, 0.2) is 23.2 Å². The molecule has 2 bridgehead atoms. The van der Waals surface area contributed by atoms with Crippen LogP contribution in [0.4, 0.5) is 4.79 Å². The Kier molecular flexibility index (Phi) is 8.15. The molecule has 0 N–H and O–H groups in total. The summed E-state index contributed by atoms with van der Waals surface area (Å²) >= 11 is 0. The first-order valence-electron chi connectivity index (χ1n) is 14.3. The van der Waals surface area contributed by atoms with E-state index >= 15 is 0 Å². The molecule has 1 aromatic carbocycles. The van der Waals surface area contributed by atoms with Crippen molar-refractivity contribution >= 4 is 34.7 Å². The molecule has 11 heteroatoms. The topological polar surface area (TPSA) is 130 Å². The van der Waals surface area contributed by atoms with Gasteiger partial charge in [0, 0.05) is 17.9 Å². The van der Waals surface area contributed by atoms with Crippen LogP contribution in [0, 0.1) is 11.3 Å². The van der Waals surface area contributed by atoms with Gasteiger partial charge >= 0.3 is 12.1 Å². The summed E-state index contributed by atoms with van der Waals surface area (Å²) in [7, 11) is 2.87. The maximum atomic E-state index is 13.9. The van der Waals surface area contributed by atoms with Gasteiger partial charge in [-0.3, -0.25) is 4.79 Å². The Hall–Kier alpha value is -3.76. The van der Waals surface area contributed by atoms with Gasteiger partial charge in [0.15, 0.2) is 0 Å². The number of carbonyl (C=O) groups excluding carboxylic acids is 3. The molecule has 1 saturated carbocycles. The smallest absolute Gasteiger partial charge is 0.434 e. The Morgan fingerprint density at radius 1 is 1.02 bits per heavy atom. The molecule has 4 atom stereocenters. The summed E-state index contributed by atoms with van der Waals surface area (Å²) in [5.41, 5.74) is 1.34. The number of hydrogen-bond donors (Lipinski definition) is 0. The standard InChI is InChI=1S/C30H38N4O7/c1-30(2,3)25-27(35)34-16-19(15-23(34)28(36)39-5)40-26-21(31-20-12-11-18(38-4)14-22(20)32-26)10-8-6-7-9-17-13-24(17)41-29(37)33-25/h11-12,14,17,19,23-24H,6-10,13,15-16H2,1-5H3/b33-25-/t17-,19-,23+,24-/m1/s1. The molecular weight excluding hydrogens is 528 g/mol. The van der Waals surface area contributed by atoms with Crippen molar-refractivity contribution in [1.82, 2.24) is 14.9 Å². The lowest BCUT2D eigenvalue weighted by Crippen LogP contribution is -2.48. The minimum absolute atomic E-state index is 0.0219. The SMILES string of the molecule is COC(=O)[C@@H]1C[C@@H]2CN1C(=O)/C(C(C)(C)C)=N/C(=O)O[C@@H]1C[C@H]1CCCCCc1nc3ccc(OC)cc3nc1O2. The number of nitrogens with zero attached hydrogens (tertiary/aromatic N) is 4. The second kappa shape index (κ2) is 11.6. The minimum atomic E-state index is -0.909. The van der Waals surface area contributed by atoms with E-state index in [4.69, 9.17) is 28.9 Å². The number of ether oxygens (including phenoxy) is 4. The maximum Gasteiger partial charge on any atom is 0.434 e.